The number of aromatic nitrogens is 1. The summed E-state index contributed by atoms with van der Waals surface area (Å²) in [5, 5.41) is 14.4. The summed E-state index contributed by atoms with van der Waals surface area (Å²) in [5.74, 6) is 0.748. The van der Waals surface area contributed by atoms with Crippen molar-refractivity contribution >= 4 is 11.3 Å². The first-order chi connectivity index (χ1) is 9.31. The highest BCUT2D eigenvalue weighted by atomic mass is 32.1. The van der Waals surface area contributed by atoms with Gasteiger partial charge in [0.1, 0.15) is 0 Å². The molecule has 0 atom stereocenters. The maximum absolute atomic E-state index is 9.62. The number of ether oxygens (including phenoxy) is 1. The largest absolute Gasteiger partial charge is 0.396 e. The molecule has 0 radical (unpaired) electrons. The predicted octanol–water partition coefficient (Wildman–Crippen LogP) is 1.90. The van der Waals surface area contributed by atoms with E-state index in [2.05, 4.69) is 10.3 Å². The molecule has 1 aliphatic heterocycles. The zero-order valence-electron chi connectivity index (χ0n) is 11.2. The highest BCUT2D eigenvalue weighted by Crippen LogP contribution is 2.41. The summed E-state index contributed by atoms with van der Waals surface area (Å²) in [5.41, 5.74) is 0.0161. The van der Waals surface area contributed by atoms with Gasteiger partial charge in [0, 0.05) is 48.7 Å². The van der Waals surface area contributed by atoms with Crippen LogP contribution in [0.1, 0.15) is 41.5 Å². The fourth-order valence-electron chi connectivity index (χ4n) is 2.57. The first-order valence-corrected chi connectivity index (χ1v) is 7.97. The lowest BCUT2D eigenvalue weighted by Gasteiger charge is -2.35. The summed E-state index contributed by atoms with van der Waals surface area (Å²) in [7, 11) is 0. The van der Waals surface area contributed by atoms with Gasteiger partial charge in [-0.05, 0) is 25.7 Å². The van der Waals surface area contributed by atoms with Crippen LogP contribution in [0.2, 0.25) is 0 Å². The minimum atomic E-state index is 0.0161. The Hall–Kier alpha value is -0.490. The Kier molecular flexibility index (Phi) is 4.17. The lowest BCUT2D eigenvalue weighted by molar-refractivity contribution is -0.0153. The van der Waals surface area contributed by atoms with E-state index in [1.807, 2.05) is 17.5 Å². The molecule has 0 bridgehead atoms. The Morgan fingerprint density at radius 3 is 2.89 bits per heavy atom. The SMILES string of the molecule is OCC1(CNCc2cnc(C3CC3)s2)CCOCC1. The van der Waals surface area contributed by atoms with Crippen LogP contribution in [0.5, 0.6) is 0 Å². The number of thiazole rings is 1. The topological polar surface area (TPSA) is 54.4 Å². The van der Waals surface area contributed by atoms with Crippen LogP contribution in [0.25, 0.3) is 0 Å². The van der Waals surface area contributed by atoms with Crippen molar-refractivity contribution in [1.29, 1.82) is 0 Å². The predicted molar refractivity (Wildman–Crippen MR) is 75.4 cm³/mol. The third-order valence-corrected chi connectivity index (χ3v) is 5.35. The van der Waals surface area contributed by atoms with E-state index in [1.165, 1.54) is 22.7 Å². The molecule has 106 valence electrons. The molecule has 1 aromatic rings. The maximum Gasteiger partial charge on any atom is 0.0959 e. The number of aliphatic hydroxyl groups excluding tert-OH is 1. The van der Waals surface area contributed by atoms with Gasteiger partial charge in [-0.15, -0.1) is 11.3 Å². The molecule has 1 aromatic heterocycles. The summed E-state index contributed by atoms with van der Waals surface area (Å²) in [6, 6.07) is 0. The maximum atomic E-state index is 9.62. The number of hydrogen-bond donors (Lipinski definition) is 2. The Morgan fingerprint density at radius 1 is 1.42 bits per heavy atom. The van der Waals surface area contributed by atoms with Crippen molar-refractivity contribution in [3.63, 3.8) is 0 Å². The van der Waals surface area contributed by atoms with E-state index in [0.29, 0.717) is 0 Å². The smallest absolute Gasteiger partial charge is 0.0959 e. The zero-order chi connectivity index (χ0) is 13.1. The van der Waals surface area contributed by atoms with Crippen molar-refractivity contribution in [1.82, 2.24) is 10.3 Å². The van der Waals surface area contributed by atoms with E-state index in [1.54, 1.807) is 0 Å². The molecule has 0 spiro atoms. The van der Waals surface area contributed by atoms with Crippen LogP contribution in [0.15, 0.2) is 6.20 Å². The van der Waals surface area contributed by atoms with Gasteiger partial charge in [0.25, 0.3) is 0 Å². The monoisotopic (exact) mass is 282 g/mol. The average Bonchev–Trinajstić information content (AvgIpc) is 3.20. The van der Waals surface area contributed by atoms with Crippen LogP contribution in [0.3, 0.4) is 0 Å². The Balaban J connectivity index is 1.48. The Morgan fingerprint density at radius 2 is 2.21 bits per heavy atom. The molecular weight excluding hydrogens is 260 g/mol. The highest BCUT2D eigenvalue weighted by molar-refractivity contribution is 7.11. The molecule has 1 aliphatic carbocycles. The Bertz CT molecular complexity index is 411. The van der Waals surface area contributed by atoms with E-state index in [0.717, 1.165) is 45.1 Å². The van der Waals surface area contributed by atoms with Gasteiger partial charge < -0.3 is 15.2 Å². The lowest BCUT2D eigenvalue weighted by atomic mass is 9.81. The highest BCUT2D eigenvalue weighted by Gasteiger charge is 2.31. The molecule has 2 aliphatic rings. The van der Waals surface area contributed by atoms with Crippen molar-refractivity contribution in [3.05, 3.63) is 16.1 Å². The van der Waals surface area contributed by atoms with Gasteiger partial charge in [0.15, 0.2) is 0 Å². The summed E-state index contributed by atoms with van der Waals surface area (Å²) >= 11 is 1.84. The third-order valence-electron chi connectivity index (χ3n) is 4.19. The van der Waals surface area contributed by atoms with E-state index < -0.39 is 0 Å². The van der Waals surface area contributed by atoms with Gasteiger partial charge >= 0.3 is 0 Å². The summed E-state index contributed by atoms with van der Waals surface area (Å²) in [6.07, 6.45) is 6.53. The molecule has 1 saturated heterocycles. The van der Waals surface area contributed by atoms with E-state index >= 15 is 0 Å². The van der Waals surface area contributed by atoms with Gasteiger partial charge in [-0.1, -0.05) is 0 Å². The van der Waals surface area contributed by atoms with Crippen molar-refractivity contribution in [2.24, 2.45) is 5.41 Å². The number of nitrogens with zero attached hydrogens (tertiary/aromatic N) is 1. The standard InChI is InChI=1S/C14H22N2O2S/c17-10-14(3-5-18-6-4-14)9-15-7-12-8-16-13(19-12)11-1-2-11/h8,11,15,17H,1-7,9-10H2. The molecule has 0 unspecified atom stereocenters. The van der Waals surface area contributed by atoms with Crippen molar-refractivity contribution < 1.29 is 9.84 Å². The van der Waals surface area contributed by atoms with E-state index in [4.69, 9.17) is 4.74 Å². The molecule has 2 N–H and O–H groups in total. The zero-order valence-corrected chi connectivity index (χ0v) is 12.0. The van der Waals surface area contributed by atoms with E-state index in [-0.39, 0.29) is 12.0 Å². The van der Waals surface area contributed by atoms with Crippen molar-refractivity contribution in [2.45, 2.75) is 38.1 Å². The van der Waals surface area contributed by atoms with Gasteiger partial charge in [-0.3, -0.25) is 0 Å². The Labute approximate surface area is 118 Å². The van der Waals surface area contributed by atoms with E-state index in [9.17, 15) is 5.11 Å². The molecule has 19 heavy (non-hydrogen) atoms. The third kappa shape index (κ3) is 3.34. The van der Waals surface area contributed by atoms with Gasteiger partial charge in [0.2, 0.25) is 0 Å². The van der Waals surface area contributed by atoms with Crippen LogP contribution < -0.4 is 5.32 Å². The number of rotatable bonds is 6. The summed E-state index contributed by atoms with van der Waals surface area (Å²) in [6.45, 7) is 3.53. The normalized spacial score (nSPS) is 22.6. The molecule has 5 heteroatoms. The van der Waals surface area contributed by atoms with Gasteiger partial charge in [-0.25, -0.2) is 4.98 Å². The molecule has 2 fully saturated rings. The van der Waals surface area contributed by atoms with Crippen LogP contribution >= 0.6 is 11.3 Å². The van der Waals surface area contributed by atoms with Crippen LogP contribution in [0.4, 0.5) is 0 Å². The summed E-state index contributed by atoms with van der Waals surface area (Å²) in [4.78, 5) is 5.80. The second kappa shape index (κ2) is 5.87. The molecule has 0 aromatic carbocycles. The number of aliphatic hydroxyl groups is 1. The molecule has 0 amide bonds. The molecule has 3 rings (SSSR count). The number of hydrogen-bond acceptors (Lipinski definition) is 5. The quantitative estimate of drug-likeness (QED) is 0.837. The van der Waals surface area contributed by atoms with Crippen LogP contribution in [0, 0.1) is 5.41 Å². The van der Waals surface area contributed by atoms with Crippen molar-refractivity contribution in [3.8, 4) is 0 Å². The van der Waals surface area contributed by atoms with Gasteiger partial charge in [0.05, 0.1) is 11.6 Å². The molecule has 1 saturated carbocycles. The first-order valence-electron chi connectivity index (χ1n) is 7.15. The summed E-state index contributed by atoms with van der Waals surface area (Å²) < 4.78 is 5.38. The van der Waals surface area contributed by atoms with Gasteiger partial charge in [-0.2, -0.15) is 0 Å². The first kappa shape index (κ1) is 13.5. The van der Waals surface area contributed by atoms with Crippen LogP contribution in [-0.4, -0.2) is 36.5 Å². The second-order valence-electron chi connectivity index (χ2n) is 5.81. The minimum Gasteiger partial charge on any atom is -0.396 e. The fourth-order valence-corrected chi connectivity index (χ4v) is 3.63. The molecule has 4 nitrogen and oxygen atoms in total. The molecular formula is C14H22N2O2S. The molecule has 2 heterocycles. The van der Waals surface area contributed by atoms with Crippen LogP contribution in [-0.2, 0) is 11.3 Å². The number of nitrogens with one attached hydrogen (secondary N) is 1. The fraction of sp³-hybridized carbons (Fsp3) is 0.786. The second-order valence-corrected chi connectivity index (χ2v) is 6.96. The average molecular weight is 282 g/mol. The lowest BCUT2D eigenvalue weighted by Crippen LogP contribution is -2.41. The minimum absolute atomic E-state index is 0.0161. The van der Waals surface area contributed by atoms with Crippen molar-refractivity contribution in [2.75, 3.05) is 26.4 Å².